The molecule has 150 valence electrons. The Balaban J connectivity index is 1.78. The number of primary sulfonamides is 1. The summed E-state index contributed by atoms with van der Waals surface area (Å²) in [5.41, 5.74) is 4.45. The number of anilines is 1. The highest BCUT2D eigenvalue weighted by Crippen LogP contribution is 2.38. The van der Waals surface area contributed by atoms with Crippen molar-refractivity contribution in [3.05, 3.63) is 71.5 Å². The highest BCUT2D eigenvalue weighted by molar-refractivity contribution is 7.89. The summed E-state index contributed by atoms with van der Waals surface area (Å²) in [6, 6.07) is 13.2. The van der Waals surface area contributed by atoms with Crippen LogP contribution in [-0.4, -0.2) is 29.0 Å². The molecule has 3 N–H and O–H groups in total. The highest BCUT2D eigenvalue weighted by atomic mass is 32.2. The molecule has 0 bridgehead atoms. The molecule has 2 heterocycles. The first-order valence-corrected chi connectivity index (χ1v) is 10.6. The molecule has 0 aliphatic carbocycles. The second kappa shape index (κ2) is 7.02. The van der Waals surface area contributed by atoms with Gasteiger partial charge in [0.15, 0.2) is 0 Å². The van der Waals surface area contributed by atoms with Crippen LogP contribution in [0, 0.1) is 6.92 Å². The van der Waals surface area contributed by atoms with E-state index in [1.54, 1.807) is 30.3 Å². The van der Waals surface area contributed by atoms with Crippen molar-refractivity contribution in [2.75, 3.05) is 5.01 Å². The van der Waals surface area contributed by atoms with Crippen LogP contribution < -0.4 is 10.1 Å². The fourth-order valence-corrected chi connectivity index (χ4v) is 4.00. The first-order valence-electron chi connectivity index (χ1n) is 9.01. The Morgan fingerprint density at radius 2 is 1.90 bits per heavy atom. The lowest BCUT2D eigenvalue weighted by Gasteiger charge is -2.23. The molecule has 3 aromatic rings. The Morgan fingerprint density at radius 1 is 1.17 bits per heavy atom. The molecule has 8 nitrogen and oxygen atoms in total. The van der Waals surface area contributed by atoms with Gasteiger partial charge in [-0.15, -0.1) is 0 Å². The molecule has 0 radical (unpaired) electrons. The number of hydrogen-bond acceptors (Lipinski definition) is 6. The highest BCUT2D eigenvalue weighted by Gasteiger charge is 2.32. The van der Waals surface area contributed by atoms with E-state index in [9.17, 15) is 13.5 Å². The van der Waals surface area contributed by atoms with Crippen LogP contribution in [0.25, 0.3) is 0 Å². The van der Waals surface area contributed by atoms with Gasteiger partial charge in [0.25, 0.3) is 0 Å². The Kier molecular flexibility index (Phi) is 4.64. The Morgan fingerprint density at radius 3 is 2.48 bits per heavy atom. The fourth-order valence-electron chi connectivity index (χ4n) is 3.48. The Bertz CT molecular complexity index is 1200. The molecular formula is C20H21N5O3S. The van der Waals surface area contributed by atoms with E-state index in [0.29, 0.717) is 6.42 Å². The molecule has 1 aromatic heterocycles. The molecule has 0 fully saturated rings. The standard InChI is InChI=1S/C20H21N5O3S/c1-13-18(12-22-24(13)2)20-11-19(14-4-3-5-16(26)10-14)23-25(20)15-6-8-17(9-7-15)29(21,27)28/h3-10,12,20,26H,11H2,1-2H3,(H2,21,27,28)/t20-/m1/s1. The van der Waals surface area contributed by atoms with Gasteiger partial charge in [-0.3, -0.25) is 9.69 Å². The third-order valence-electron chi connectivity index (χ3n) is 5.15. The SMILES string of the molecule is Cc1c([C@H]2CC(c3cccc(O)c3)=NN2c2ccc(S(N)(=O)=O)cc2)cnn1C. The lowest BCUT2D eigenvalue weighted by Crippen LogP contribution is -2.19. The zero-order valence-electron chi connectivity index (χ0n) is 16.0. The Hall–Kier alpha value is -3.17. The predicted octanol–water partition coefficient (Wildman–Crippen LogP) is 2.44. The molecule has 0 saturated heterocycles. The summed E-state index contributed by atoms with van der Waals surface area (Å²) in [5, 5.41) is 26.1. The van der Waals surface area contributed by atoms with E-state index >= 15 is 0 Å². The van der Waals surface area contributed by atoms with Crippen molar-refractivity contribution in [1.82, 2.24) is 9.78 Å². The molecule has 1 aliphatic rings. The smallest absolute Gasteiger partial charge is 0.238 e. The van der Waals surface area contributed by atoms with Gasteiger partial charge >= 0.3 is 0 Å². The average molecular weight is 411 g/mol. The maximum absolute atomic E-state index is 11.6. The molecule has 9 heteroatoms. The third kappa shape index (κ3) is 3.62. The van der Waals surface area contributed by atoms with Crippen LogP contribution in [0.4, 0.5) is 5.69 Å². The monoisotopic (exact) mass is 411 g/mol. The fraction of sp³-hybridized carbons (Fsp3) is 0.200. The number of hydrazone groups is 1. The molecule has 0 unspecified atom stereocenters. The van der Waals surface area contributed by atoms with E-state index in [4.69, 9.17) is 10.2 Å². The van der Waals surface area contributed by atoms with E-state index in [0.717, 1.165) is 28.2 Å². The molecule has 2 aromatic carbocycles. The summed E-state index contributed by atoms with van der Waals surface area (Å²) in [5.74, 6) is 0.176. The van der Waals surface area contributed by atoms with Crippen molar-refractivity contribution >= 4 is 21.4 Å². The minimum absolute atomic E-state index is 0.0479. The number of nitrogens with two attached hydrogens (primary N) is 1. The second-order valence-corrected chi connectivity index (χ2v) is 8.57. The normalized spacial score (nSPS) is 16.9. The molecule has 0 saturated carbocycles. The number of aryl methyl sites for hydroxylation is 1. The first kappa shape index (κ1) is 19.2. The number of phenolic OH excluding ortho intramolecular Hbond substituents is 1. The van der Waals surface area contributed by atoms with Gasteiger partial charge < -0.3 is 5.11 Å². The first-order chi connectivity index (χ1) is 13.7. The van der Waals surface area contributed by atoms with E-state index in [1.807, 2.05) is 35.9 Å². The average Bonchev–Trinajstić information content (AvgIpc) is 3.25. The molecular weight excluding hydrogens is 390 g/mol. The summed E-state index contributed by atoms with van der Waals surface area (Å²) in [7, 11) is -1.88. The number of phenols is 1. The second-order valence-electron chi connectivity index (χ2n) is 7.01. The van der Waals surface area contributed by atoms with Crippen LogP contribution in [-0.2, 0) is 17.1 Å². The zero-order valence-corrected chi connectivity index (χ0v) is 16.8. The van der Waals surface area contributed by atoms with Crippen LogP contribution in [0.1, 0.15) is 29.3 Å². The van der Waals surface area contributed by atoms with Crippen molar-refractivity contribution in [3.63, 3.8) is 0 Å². The maximum Gasteiger partial charge on any atom is 0.238 e. The van der Waals surface area contributed by atoms with Crippen LogP contribution in [0.15, 0.2) is 64.7 Å². The number of aromatic nitrogens is 2. The largest absolute Gasteiger partial charge is 0.508 e. The van der Waals surface area contributed by atoms with Crippen molar-refractivity contribution in [3.8, 4) is 5.75 Å². The van der Waals surface area contributed by atoms with Crippen molar-refractivity contribution in [2.45, 2.75) is 24.3 Å². The summed E-state index contributed by atoms with van der Waals surface area (Å²) in [6.45, 7) is 2.00. The summed E-state index contributed by atoms with van der Waals surface area (Å²) in [4.78, 5) is 0.0479. The lowest BCUT2D eigenvalue weighted by atomic mass is 9.98. The van der Waals surface area contributed by atoms with Gasteiger partial charge in [0.1, 0.15) is 5.75 Å². The van der Waals surface area contributed by atoms with E-state index < -0.39 is 10.0 Å². The van der Waals surface area contributed by atoms with Gasteiger partial charge in [-0.2, -0.15) is 10.2 Å². The molecule has 1 aliphatic heterocycles. The molecule has 1 atom stereocenters. The predicted molar refractivity (Wildman–Crippen MR) is 110 cm³/mol. The number of nitrogens with zero attached hydrogens (tertiary/aromatic N) is 4. The summed E-state index contributed by atoms with van der Waals surface area (Å²) < 4.78 is 24.9. The van der Waals surface area contributed by atoms with E-state index in [-0.39, 0.29) is 16.7 Å². The minimum atomic E-state index is -3.77. The Labute approximate surface area is 168 Å². The quantitative estimate of drug-likeness (QED) is 0.684. The topological polar surface area (TPSA) is 114 Å². The van der Waals surface area contributed by atoms with E-state index in [2.05, 4.69) is 5.10 Å². The van der Waals surface area contributed by atoms with Gasteiger partial charge in [0.2, 0.25) is 10.0 Å². The van der Waals surface area contributed by atoms with Gasteiger partial charge in [-0.1, -0.05) is 12.1 Å². The van der Waals surface area contributed by atoms with E-state index in [1.165, 1.54) is 12.1 Å². The van der Waals surface area contributed by atoms with Crippen molar-refractivity contribution < 1.29 is 13.5 Å². The number of hydrogen-bond donors (Lipinski definition) is 2. The zero-order chi connectivity index (χ0) is 20.8. The summed E-state index contributed by atoms with van der Waals surface area (Å²) in [6.07, 6.45) is 2.44. The molecule has 0 spiro atoms. The maximum atomic E-state index is 11.6. The lowest BCUT2D eigenvalue weighted by molar-refractivity contribution is 0.475. The molecule has 4 rings (SSSR count). The van der Waals surface area contributed by atoms with Gasteiger partial charge in [-0.05, 0) is 43.3 Å². The minimum Gasteiger partial charge on any atom is -0.508 e. The van der Waals surface area contributed by atoms with Crippen molar-refractivity contribution in [1.29, 1.82) is 0 Å². The molecule has 0 amide bonds. The van der Waals surface area contributed by atoms with Crippen LogP contribution in [0.2, 0.25) is 0 Å². The molecule has 29 heavy (non-hydrogen) atoms. The third-order valence-corrected chi connectivity index (χ3v) is 6.08. The van der Waals surface area contributed by atoms with Crippen LogP contribution in [0.5, 0.6) is 5.75 Å². The van der Waals surface area contributed by atoms with Crippen LogP contribution in [0.3, 0.4) is 0 Å². The number of sulfonamides is 1. The van der Waals surface area contributed by atoms with Gasteiger partial charge in [-0.25, -0.2) is 13.6 Å². The summed E-state index contributed by atoms with van der Waals surface area (Å²) >= 11 is 0. The number of aromatic hydroxyl groups is 1. The van der Waals surface area contributed by atoms with Gasteiger partial charge in [0.05, 0.1) is 28.5 Å². The number of rotatable bonds is 4. The van der Waals surface area contributed by atoms with Crippen LogP contribution >= 0.6 is 0 Å². The van der Waals surface area contributed by atoms with Gasteiger partial charge in [0, 0.05) is 30.3 Å². The number of benzene rings is 2. The van der Waals surface area contributed by atoms with Crippen molar-refractivity contribution in [2.24, 2.45) is 17.3 Å².